The van der Waals surface area contributed by atoms with Crippen LogP contribution in [0.4, 0.5) is 4.39 Å². The highest BCUT2D eigenvalue weighted by molar-refractivity contribution is 9.10. The molecule has 0 aliphatic carbocycles. The molecule has 0 aliphatic heterocycles. The molecular weight excluding hydrogens is 345 g/mol. The van der Waals surface area contributed by atoms with Gasteiger partial charge in [0, 0.05) is 19.5 Å². The van der Waals surface area contributed by atoms with Crippen LogP contribution < -0.4 is 5.73 Å². The van der Waals surface area contributed by atoms with E-state index in [-0.39, 0.29) is 11.9 Å². The van der Waals surface area contributed by atoms with Crippen molar-refractivity contribution >= 4 is 27.5 Å². The summed E-state index contributed by atoms with van der Waals surface area (Å²) < 4.78 is 15.7. The van der Waals surface area contributed by atoms with Crippen molar-refractivity contribution in [2.75, 3.05) is 0 Å². The molecule has 1 aromatic heterocycles. The number of nitrogens with zero attached hydrogens (tertiary/aromatic N) is 2. The quantitative estimate of drug-likeness (QED) is 0.902. The Morgan fingerprint density at radius 3 is 2.80 bits per heavy atom. The van der Waals surface area contributed by atoms with E-state index in [0.29, 0.717) is 15.9 Å². The number of hydrogen-bond donors (Lipinski definition) is 1. The molecule has 0 radical (unpaired) electrons. The predicted molar refractivity (Wildman–Crippen MR) is 82.3 cm³/mol. The van der Waals surface area contributed by atoms with Gasteiger partial charge in [0.25, 0.3) is 0 Å². The van der Waals surface area contributed by atoms with E-state index >= 15 is 0 Å². The second-order valence-electron chi connectivity index (χ2n) is 4.64. The topological polar surface area (TPSA) is 43.8 Å². The molecule has 0 spiro atoms. The van der Waals surface area contributed by atoms with E-state index in [4.69, 9.17) is 17.3 Å². The summed E-state index contributed by atoms with van der Waals surface area (Å²) in [5.41, 5.74) is 8.64. The fraction of sp³-hybridized carbons (Fsp3) is 0.357. The third-order valence-electron chi connectivity index (χ3n) is 3.30. The van der Waals surface area contributed by atoms with E-state index in [1.807, 2.05) is 20.0 Å². The fourth-order valence-corrected chi connectivity index (χ4v) is 3.10. The van der Waals surface area contributed by atoms with Crippen molar-refractivity contribution in [2.24, 2.45) is 12.8 Å². The maximum Gasteiger partial charge on any atom is 0.137 e. The molecule has 0 saturated heterocycles. The summed E-state index contributed by atoms with van der Waals surface area (Å²) in [6.45, 7) is 2.00. The summed E-state index contributed by atoms with van der Waals surface area (Å²) in [7, 11) is 1.84. The van der Waals surface area contributed by atoms with Crippen LogP contribution in [0.2, 0.25) is 5.02 Å². The number of aromatic nitrogens is 2. The zero-order chi connectivity index (χ0) is 14.9. The molecule has 2 rings (SSSR count). The van der Waals surface area contributed by atoms with Crippen LogP contribution in [0.1, 0.15) is 29.9 Å². The SMILES string of the molecule is CCc1nn(C)c(CC(N)c2cccc(F)c2Br)c1Cl. The first-order chi connectivity index (χ1) is 9.45. The van der Waals surface area contributed by atoms with Gasteiger partial charge >= 0.3 is 0 Å². The lowest BCUT2D eigenvalue weighted by Crippen LogP contribution is -2.16. The lowest BCUT2D eigenvalue weighted by molar-refractivity contribution is 0.602. The van der Waals surface area contributed by atoms with Crippen LogP contribution in [-0.2, 0) is 19.9 Å². The highest BCUT2D eigenvalue weighted by Gasteiger charge is 2.19. The Bertz CT molecular complexity index is 627. The molecule has 108 valence electrons. The van der Waals surface area contributed by atoms with Gasteiger partial charge in [-0.25, -0.2) is 4.39 Å². The molecule has 6 heteroatoms. The third kappa shape index (κ3) is 2.90. The molecule has 0 bridgehead atoms. The lowest BCUT2D eigenvalue weighted by atomic mass is 10.0. The molecule has 2 N–H and O–H groups in total. The van der Waals surface area contributed by atoms with Crippen LogP contribution in [0.15, 0.2) is 22.7 Å². The van der Waals surface area contributed by atoms with E-state index in [2.05, 4.69) is 21.0 Å². The minimum atomic E-state index is -0.349. The summed E-state index contributed by atoms with van der Waals surface area (Å²) in [6.07, 6.45) is 1.27. The van der Waals surface area contributed by atoms with Gasteiger partial charge < -0.3 is 5.73 Å². The third-order valence-corrected chi connectivity index (χ3v) is 4.57. The van der Waals surface area contributed by atoms with Crippen LogP contribution >= 0.6 is 27.5 Å². The maximum atomic E-state index is 13.5. The van der Waals surface area contributed by atoms with Gasteiger partial charge in [0.2, 0.25) is 0 Å². The highest BCUT2D eigenvalue weighted by atomic mass is 79.9. The molecular formula is C14H16BrClFN3. The predicted octanol–water partition coefficient (Wildman–Crippen LogP) is 3.78. The first-order valence-corrected chi connectivity index (χ1v) is 7.52. The Morgan fingerprint density at radius 1 is 1.50 bits per heavy atom. The zero-order valence-electron chi connectivity index (χ0n) is 11.3. The van der Waals surface area contributed by atoms with Gasteiger partial charge in [-0.2, -0.15) is 5.10 Å². The van der Waals surface area contributed by atoms with Crippen molar-refractivity contribution < 1.29 is 4.39 Å². The first-order valence-electron chi connectivity index (χ1n) is 6.35. The molecule has 1 atom stereocenters. The molecule has 1 heterocycles. The smallest absolute Gasteiger partial charge is 0.137 e. The molecule has 3 nitrogen and oxygen atoms in total. The number of nitrogens with two attached hydrogens (primary N) is 1. The van der Waals surface area contributed by atoms with E-state index in [1.165, 1.54) is 6.07 Å². The Kier molecular flexibility index (Phi) is 4.83. The number of halogens is 3. The largest absolute Gasteiger partial charge is 0.324 e. The fourth-order valence-electron chi connectivity index (χ4n) is 2.17. The summed E-state index contributed by atoms with van der Waals surface area (Å²) >= 11 is 9.55. The molecule has 20 heavy (non-hydrogen) atoms. The van der Waals surface area contributed by atoms with Gasteiger partial charge in [0.15, 0.2) is 0 Å². The van der Waals surface area contributed by atoms with E-state index < -0.39 is 0 Å². The highest BCUT2D eigenvalue weighted by Crippen LogP contribution is 2.29. The molecule has 0 aliphatic rings. The molecule has 0 fully saturated rings. The Labute approximate surface area is 131 Å². The van der Waals surface area contributed by atoms with Crippen LogP contribution in [0, 0.1) is 5.82 Å². The number of rotatable bonds is 4. The zero-order valence-corrected chi connectivity index (χ0v) is 13.7. The average Bonchev–Trinajstić information content (AvgIpc) is 2.69. The first kappa shape index (κ1) is 15.5. The van der Waals surface area contributed by atoms with Crippen molar-refractivity contribution in [3.8, 4) is 0 Å². The van der Waals surface area contributed by atoms with Crippen LogP contribution in [0.5, 0.6) is 0 Å². The van der Waals surface area contributed by atoms with Gasteiger partial charge in [-0.15, -0.1) is 0 Å². The van der Waals surface area contributed by atoms with Gasteiger partial charge in [-0.1, -0.05) is 30.7 Å². The number of hydrogen-bond acceptors (Lipinski definition) is 2. The van der Waals surface area contributed by atoms with Crippen molar-refractivity contribution in [1.82, 2.24) is 9.78 Å². The second kappa shape index (κ2) is 6.24. The van der Waals surface area contributed by atoms with Crippen LogP contribution in [-0.4, -0.2) is 9.78 Å². The van der Waals surface area contributed by atoms with Gasteiger partial charge in [-0.05, 0) is 34.0 Å². The molecule has 0 saturated carbocycles. The summed E-state index contributed by atoms with van der Waals surface area (Å²) in [6, 6.07) is 4.50. The van der Waals surface area contributed by atoms with Crippen molar-refractivity contribution in [2.45, 2.75) is 25.8 Å². The van der Waals surface area contributed by atoms with Crippen molar-refractivity contribution in [3.05, 3.63) is 50.5 Å². The van der Waals surface area contributed by atoms with E-state index in [1.54, 1.807) is 10.7 Å². The van der Waals surface area contributed by atoms with Gasteiger partial charge in [-0.3, -0.25) is 4.68 Å². The second-order valence-corrected chi connectivity index (χ2v) is 5.81. The minimum Gasteiger partial charge on any atom is -0.324 e. The Morgan fingerprint density at radius 2 is 2.20 bits per heavy atom. The van der Waals surface area contributed by atoms with Crippen LogP contribution in [0.3, 0.4) is 0 Å². The number of benzene rings is 1. The standard InChI is InChI=1S/C14H16BrClFN3/c1-3-11-14(16)12(20(2)19-11)7-10(18)8-5-4-6-9(17)13(8)15/h4-6,10H,3,7,18H2,1-2H3. The number of aryl methyl sites for hydroxylation is 2. The molecule has 0 amide bonds. The van der Waals surface area contributed by atoms with Crippen LogP contribution in [0.25, 0.3) is 0 Å². The molecule has 1 unspecified atom stereocenters. The van der Waals surface area contributed by atoms with E-state index in [0.717, 1.165) is 23.4 Å². The van der Waals surface area contributed by atoms with E-state index in [9.17, 15) is 4.39 Å². The molecule has 2 aromatic rings. The summed E-state index contributed by atoms with van der Waals surface area (Å²) in [4.78, 5) is 0. The summed E-state index contributed by atoms with van der Waals surface area (Å²) in [5.74, 6) is -0.316. The molecule has 1 aromatic carbocycles. The Balaban J connectivity index is 2.30. The Hall–Kier alpha value is -0.910. The van der Waals surface area contributed by atoms with Crippen molar-refractivity contribution in [1.29, 1.82) is 0 Å². The lowest BCUT2D eigenvalue weighted by Gasteiger charge is -2.14. The summed E-state index contributed by atoms with van der Waals surface area (Å²) in [5, 5.41) is 5.01. The maximum absolute atomic E-state index is 13.5. The van der Waals surface area contributed by atoms with Gasteiger partial charge in [0.05, 0.1) is 20.9 Å². The normalized spacial score (nSPS) is 12.7. The van der Waals surface area contributed by atoms with Crippen molar-refractivity contribution in [3.63, 3.8) is 0 Å². The minimum absolute atomic E-state index is 0.316. The monoisotopic (exact) mass is 359 g/mol. The average molecular weight is 361 g/mol. The van der Waals surface area contributed by atoms with Gasteiger partial charge in [0.1, 0.15) is 5.82 Å².